The van der Waals surface area contributed by atoms with Crippen molar-refractivity contribution in [3.05, 3.63) is 88.8 Å². The van der Waals surface area contributed by atoms with Crippen molar-refractivity contribution in [2.45, 2.75) is 51.6 Å². The molecule has 3 atom stereocenters. The van der Waals surface area contributed by atoms with Crippen LogP contribution in [0.15, 0.2) is 72.8 Å². The smallest absolute Gasteiger partial charge is 0.203 e. The molecule has 2 aliphatic rings. The Bertz CT molecular complexity index is 1970. The summed E-state index contributed by atoms with van der Waals surface area (Å²) in [6.45, 7) is 6.88. The van der Waals surface area contributed by atoms with Gasteiger partial charge in [0, 0.05) is 32.5 Å². The van der Waals surface area contributed by atoms with Crippen molar-refractivity contribution in [2.75, 3.05) is 0 Å². The maximum atomic E-state index is 13.5. The highest BCUT2D eigenvalue weighted by molar-refractivity contribution is 7.21. The van der Waals surface area contributed by atoms with Crippen LogP contribution in [0.1, 0.15) is 66.8 Å². The van der Waals surface area contributed by atoms with E-state index >= 15 is 0 Å². The Labute approximate surface area is 237 Å². The van der Waals surface area contributed by atoms with E-state index < -0.39 is 0 Å². The van der Waals surface area contributed by atoms with Gasteiger partial charge in [-0.2, -0.15) is 0 Å². The first-order chi connectivity index (χ1) is 19.4. The van der Waals surface area contributed by atoms with Crippen molar-refractivity contribution in [3.8, 4) is 5.75 Å². The second-order valence-corrected chi connectivity index (χ2v) is 13.3. The van der Waals surface area contributed by atoms with E-state index in [1.165, 1.54) is 23.3 Å². The van der Waals surface area contributed by atoms with Gasteiger partial charge < -0.3 is 4.74 Å². The average Bonchev–Trinajstić information content (AvgIpc) is 3.40. The number of carbonyl (C=O) groups is 1. The van der Waals surface area contributed by atoms with Crippen LogP contribution in [0.3, 0.4) is 0 Å². The van der Waals surface area contributed by atoms with Crippen LogP contribution in [0.25, 0.3) is 42.9 Å². The number of rotatable bonds is 2. The van der Waals surface area contributed by atoms with Gasteiger partial charge in [0.05, 0.1) is 26.9 Å². The third-order valence-electron chi connectivity index (χ3n) is 9.24. The molecule has 0 N–H and O–H groups in total. The highest BCUT2D eigenvalue weighted by Crippen LogP contribution is 2.56. The molecule has 8 rings (SSSR count). The molecule has 0 saturated heterocycles. The predicted octanol–water partition coefficient (Wildman–Crippen LogP) is 9.07. The molecule has 0 spiro atoms. The van der Waals surface area contributed by atoms with Crippen LogP contribution in [-0.4, -0.2) is 21.4 Å². The van der Waals surface area contributed by atoms with Gasteiger partial charge in [-0.3, -0.25) is 4.79 Å². The number of carbonyl (C=O) groups excluding carboxylic acids is 1. The van der Waals surface area contributed by atoms with Gasteiger partial charge in [-0.25, -0.2) is 9.97 Å². The lowest BCUT2D eigenvalue weighted by Crippen LogP contribution is -2.46. The summed E-state index contributed by atoms with van der Waals surface area (Å²) in [6, 6.07) is 24.3. The standard InChI is InChI=1S/C35H30N2O2S/c1-19-12-14-25-24(16-19)30-32-31(22-9-5-6-10-23(22)34(30)39-35(25,2)3)37-27-17-21(13-15-26(27)36-32)33(38)29-18-20-8-4-7-11-28(20)40-29/h4-11,13,15,17-19,24-25H,12,14,16H2,1-3H3. The number of nitrogens with zero attached hydrogens (tertiary/aromatic N) is 2. The number of fused-ring (bicyclic) bond motifs is 10. The Hall–Kier alpha value is -3.83. The normalized spacial score (nSPS) is 21.8. The van der Waals surface area contributed by atoms with Gasteiger partial charge in [0.25, 0.3) is 0 Å². The van der Waals surface area contributed by atoms with Gasteiger partial charge in [-0.05, 0) is 74.2 Å². The molecule has 4 aromatic carbocycles. The summed E-state index contributed by atoms with van der Waals surface area (Å²) in [6.07, 6.45) is 3.54. The van der Waals surface area contributed by atoms with E-state index in [1.54, 1.807) is 0 Å². The molecule has 1 aliphatic heterocycles. The maximum absolute atomic E-state index is 13.5. The molecule has 40 heavy (non-hydrogen) atoms. The Morgan fingerprint density at radius 3 is 2.52 bits per heavy atom. The highest BCUT2D eigenvalue weighted by Gasteiger charge is 2.47. The molecule has 1 aliphatic carbocycles. The second kappa shape index (κ2) is 8.58. The van der Waals surface area contributed by atoms with Crippen LogP contribution >= 0.6 is 11.3 Å². The monoisotopic (exact) mass is 542 g/mol. The Morgan fingerprint density at radius 2 is 1.68 bits per heavy atom. The van der Waals surface area contributed by atoms with Crippen LogP contribution in [-0.2, 0) is 0 Å². The lowest BCUT2D eigenvalue weighted by atomic mass is 9.64. The lowest BCUT2D eigenvalue weighted by Gasteiger charge is -2.49. The van der Waals surface area contributed by atoms with E-state index in [2.05, 4.69) is 57.2 Å². The zero-order valence-corrected chi connectivity index (χ0v) is 23.7. The quantitative estimate of drug-likeness (QED) is 0.124. The molecule has 1 saturated carbocycles. The van der Waals surface area contributed by atoms with Crippen molar-refractivity contribution in [2.24, 2.45) is 11.8 Å². The molecule has 3 unspecified atom stereocenters. The Kier molecular flexibility index (Phi) is 5.15. The van der Waals surface area contributed by atoms with Crippen molar-refractivity contribution in [3.63, 3.8) is 0 Å². The molecule has 5 heteroatoms. The van der Waals surface area contributed by atoms with Crippen molar-refractivity contribution in [1.29, 1.82) is 0 Å². The molecule has 2 aromatic heterocycles. The zero-order chi connectivity index (χ0) is 27.2. The number of ether oxygens (including phenoxy) is 1. The fraction of sp³-hybridized carbons (Fsp3) is 0.286. The third kappa shape index (κ3) is 3.53. The summed E-state index contributed by atoms with van der Waals surface area (Å²) in [7, 11) is 0. The Balaban J connectivity index is 1.35. The van der Waals surface area contributed by atoms with E-state index in [1.807, 2.05) is 36.4 Å². The van der Waals surface area contributed by atoms with Crippen LogP contribution in [0.2, 0.25) is 0 Å². The number of hydrogen-bond donors (Lipinski definition) is 0. The van der Waals surface area contributed by atoms with Gasteiger partial charge in [0.15, 0.2) is 0 Å². The number of aromatic nitrogens is 2. The number of thiophene rings is 1. The first-order valence-electron chi connectivity index (χ1n) is 14.3. The largest absolute Gasteiger partial charge is 0.487 e. The van der Waals surface area contributed by atoms with Crippen molar-refractivity contribution < 1.29 is 9.53 Å². The third-order valence-corrected chi connectivity index (χ3v) is 10.4. The summed E-state index contributed by atoms with van der Waals surface area (Å²) in [5.74, 6) is 2.50. The SMILES string of the molecule is CC1CCC2C(C1)c1c(c3ccccc3c3nc4cc(C(=O)c5cc6ccccc6s5)ccc4nc13)OC2(C)C. The molecule has 0 radical (unpaired) electrons. The zero-order valence-electron chi connectivity index (χ0n) is 22.9. The summed E-state index contributed by atoms with van der Waals surface area (Å²) < 4.78 is 7.99. The maximum Gasteiger partial charge on any atom is 0.203 e. The van der Waals surface area contributed by atoms with Crippen molar-refractivity contribution in [1.82, 2.24) is 9.97 Å². The molecule has 4 nitrogen and oxygen atoms in total. The van der Waals surface area contributed by atoms with Gasteiger partial charge in [0.1, 0.15) is 11.4 Å². The fourth-order valence-corrected chi connectivity index (χ4v) is 8.30. The highest BCUT2D eigenvalue weighted by atomic mass is 32.1. The summed E-state index contributed by atoms with van der Waals surface area (Å²) in [5, 5.41) is 3.24. The molecule has 198 valence electrons. The first kappa shape index (κ1) is 24.0. The minimum absolute atomic E-state index is 0.0231. The number of benzene rings is 4. The second-order valence-electron chi connectivity index (χ2n) is 12.2. The molecular formula is C35H30N2O2S. The molecule has 0 bridgehead atoms. The topological polar surface area (TPSA) is 52.1 Å². The number of ketones is 1. The summed E-state index contributed by atoms with van der Waals surface area (Å²) in [4.78, 5) is 24.7. The lowest BCUT2D eigenvalue weighted by molar-refractivity contribution is -0.0115. The van der Waals surface area contributed by atoms with E-state index in [9.17, 15) is 4.79 Å². The molecule has 0 amide bonds. The van der Waals surface area contributed by atoms with Crippen molar-refractivity contribution >= 4 is 60.0 Å². The fourth-order valence-electron chi connectivity index (χ4n) is 7.27. The van der Waals surface area contributed by atoms with Gasteiger partial charge in [0.2, 0.25) is 5.78 Å². The van der Waals surface area contributed by atoms with E-state index in [-0.39, 0.29) is 11.4 Å². The number of hydrogen-bond acceptors (Lipinski definition) is 5. The minimum atomic E-state index is -0.236. The van der Waals surface area contributed by atoms with Crippen LogP contribution in [0.5, 0.6) is 5.75 Å². The van der Waals surface area contributed by atoms with Gasteiger partial charge in [-0.15, -0.1) is 11.3 Å². The van der Waals surface area contributed by atoms with E-state index in [0.29, 0.717) is 23.3 Å². The molecular weight excluding hydrogens is 512 g/mol. The Morgan fingerprint density at radius 1 is 0.900 bits per heavy atom. The molecule has 6 aromatic rings. The molecule has 3 heterocycles. The summed E-state index contributed by atoms with van der Waals surface area (Å²) in [5.41, 5.74) is 5.03. The summed E-state index contributed by atoms with van der Waals surface area (Å²) >= 11 is 1.54. The first-order valence-corrected chi connectivity index (χ1v) is 15.1. The predicted molar refractivity (Wildman–Crippen MR) is 164 cm³/mol. The van der Waals surface area contributed by atoms with Gasteiger partial charge >= 0.3 is 0 Å². The van der Waals surface area contributed by atoms with E-state index in [4.69, 9.17) is 14.7 Å². The average molecular weight is 543 g/mol. The van der Waals surface area contributed by atoms with Crippen LogP contribution < -0.4 is 4.74 Å². The van der Waals surface area contributed by atoms with Gasteiger partial charge in [-0.1, -0.05) is 55.8 Å². The van der Waals surface area contributed by atoms with Crippen LogP contribution in [0, 0.1) is 11.8 Å². The minimum Gasteiger partial charge on any atom is -0.487 e. The van der Waals surface area contributed by atoms with Crippen LogP contribution in [0.4, 0.5) is 0 Å². The van der Waals surface area contributed by atoms with E-state index in [0.717, 1.165) is 66.4 Å². The molecule has 1 fully saturated rings.